The summed E-state index contributed by atoms with van der Waals surface area (Å²) in [5, 5.41) is 11.9. The van der Waals surface area contributed by atoms with E-state index in [-0.39, 0.29) is 11.4 Å². The Morgan fingerprint density at radius 2 is 1.74 bits per heavy atom. The second-order valence-corrected chi connectivity index (χ2v) is 6.12. The van der Waals surface area contributed by atoms with E-state index in [1.54, 1.807) is 6.92 Å². The number of carbonyl (C=O) groups is 2. The van der Waals surface area contributed by atoms with Crippen molar-refractivity contribution in [3.8, 4) is 0 Å². The highest BCUT2D eigenvalue weighted by atomic mass is 16.4. The molecule has 19 heavy (non-hydrogen) atoms. The number of piperazine rings is 1. The average Bonchev–Trinajstić information content (AvgIpc) is 2.26. The zero-order valence-corrected chi connectivity index (χ0v) is 12.3. The summed E-state index contributed by atoms with van der Waals surface area (Å²) in [6.45, 7) is 10.8. The quantitative estimate of drug-likeness (QED) is 0.752. The Labute approximate surface area is 114 Å². The van der Waals surface area contributed by atoms with E-state index < -0.39 is 12.0 Å². The maximum Gasteiger partial charge on any atom is 0.320 e. The van der Waals surface area contributed by atoms with E-state index in [0.29, 0.717) is 19.6 Å². The van der Waals surface area contributed by atoms with Crippen LogP contribution in [-0.2, 0) is 9.59 Å². The Morgan fingerprint density at radius 1 is 1.21 bits per heavy atom. The molecule has 6 nitrogen and oxygen atoms in total. The summed E-state index contributed by atoms with van der Waals surface area (Å²) in [4.78, 5) is 26.7. The van der Waals surface area contributed by atoms with Crippen molar-refractivity contribution in [2.24, 2.45) is 0 Å². The van der Waals surface area contributed by atoms with Gasteiger partial charge in [0.1, 0.15) is 6.04 Å². The van der Waals surface area contributed by atoms with Gasteiger partial charge in [-0.1, -0.05) is 0 Å². The van der Waals surface area contributed by atoms with Gasteiger partial charge in [-0.3, -0.25) is 19.4 Å². The van der Waals surface area contributed by atoms with Crippen LogP contribution < -0.4 is 5.32 Å². The fourth-order valence-electron chi connectivity index (χ4n) is 2.13. The minimum absolute atomic E-state index is 0.0206. The zero-order chi connectivity index (χ0) is 14.6. The lowest BCUT2D eigenvalue weighted by molar-refractivity contribution is -0.143. The first-order valence-corrected chi connectivity index (χ1v) is 6.69. The average molecular weight is 271 g/mol. The van der Waals surface area contributed by atoms with Crippen molar-refractivity contribution >= 4 is 11.9 Å². The Bertz CT molecular complexity index is 331. The van der Waals surface area contributed by atoms with Gasteiger partial charge in [0, 0.05) is 31.7 Å². The van der Waals surface area contributed by atoms with E-state index in [0.717, 1.165) is 13.1 Å². The number of carbonyl (C=O) groups excluding carboxylic acids is 1. The standard InChI is InChI=1S/C13H25N3O3/c1-10(12(18)19)16-7-5-15(6-8-16)9-11(17)14-13(2,3)4/h10H,5-9H2,1-4H3,(H,14,17)(H,18,19). The van der Waals surface area contributed by atoms with Crippen LogP contribution in [0.15, 0.2) is 0 Å². The van der Waals surface area contributed by atoms with Crippen LogP contribution in [0, 0.1) is 0 Å². The summed E-state index contributed by atoms with van der Waals surface area (Å²) in [5.74, 6) is -0.772. The van der Waals surface area contributed by atoms with Crippen molar-refractivity contribution in [1.29, 1.82) is 0 Å². The molecule has 1 rings (SSSR count). The van der Waals surface area contributed by atoms with Crippen molar-refractivity contribution in [1.82, 2.24) is 15.1 Å². The molecule has 0 aromatic rings. The summed E-state index contributed by atoms with van der Waals surface area (Å²) >= 11 is 0. The topological polar surface area (TPSA) is 72.9 Å². The molecule has 1 saturated heterocycles. The first kappa shape index (κ1) is 15.9. The van der Waals surface area contributed by atoms with Gasteiger partial charge in [0.05, 0.1) is 6.54 Å². The molecule has 1 aliphatic rings. The summed E-state index contributed by atoms with van der Waals surface area (Å²) in [6.07, 6.45) is 0. The third kappa shape index (κ3) is 5.57. The molecular formula is C13H25N3O3. The van der Waals surface area contributed by atoms with Crippen molar-refractivity contribution in [3.63, 3.8) is 0 Å². The molecule has 110 valence electrons. The first-order valence-electron chi connectivity index (χ1n) is 6.69. The minimum atomic E-state index is -0.793. The minimum Gasteiger partial charge on any atom is -0.480 e. The predicted molar refractivity (Wildman–Crippen MR) is 73.0 cm³/mol. The largest absolute Gasteiger partial charge is 0.480 e. The Kier molecular flexibility index (Phi) is 5.31. The molecule has 1 fully saturated rings. The molecule has 0 aromatic heterocycles. The van der Waals surface area contributed by atoms with Crippen molar-refractivity contribution < 1.29 is 14.7 Å². The van der Waals surface area contributed by atoms with Gasteiger partial charge in [-0.05, 0) is 27.7 Å². The highest BCUT2D eigenvalue weighted by molar-refractivity contribution is 5.78. The van der Waals surface area contributed by atoms with Gasteiger partial charge in [-0.15, -0.1) is 0 Å². The molecular weight excluding hydrogens is 246 g/mol. The molecule has 1 atom stereocenters. The van der Waals surface area contributed by atoms with Crippen LogP contribution in [0.4, 0.5) is 0 Å². The maximum absolute atomic E-state index is 11.8. The van der Waals surface area contributed by atoms with Crippen LogP contribution in [0.25, 0.3) is 0 Å². The number of aliphatic carboxylic acids is 1. The van der Waals surface area contributed by atoms with E-state index in [4.69, 9.17) is 5.11 Å². The van der Waals surface area contributed by atoms with Crippen LogP contribution in [0.1, 0.15) is 27.7 Å². The van der Waals surface area contributed by atoms with Crippen molar-refractivity contribution in [2.75, 3.05) is 32.7 Å². The van der Waals surface area contributed by atoms with Crippen LogP contribution in [0.2, 0.25) is 0 Å². The van der Waals surface area contributed by atoms with Gasteiger partial charge < -0.3 is 10.4 Å². The molecule has 0 radical (unpaired) electrons. The van der Waals surface area contributed by atoms with Gasteiger partial charge in [0.2, 0.25) is 5.91 Å². The van der Waals surface area contributed by atoms with Gasteiger partial charge in [0.25, 0.3) is 0 Å². The highest BCUT2D eigenvalue weighted by Crippen LogP contribution is 2.07. The van der Waals surface area contributed by atoms with E-state index >= 15 is 0 Å². The molecule has 6 heteroatoms. The third-order valence-corrected chi connectivity index (χ3v) is 3.19. The predicted octanol–water partition coefficient (Wildman–Crippen LogP) is -0.00820. The van der Waals surface area contributed by atoms with E-state index in [1.807, 2.05) is 25.7 Å². The van der Waals surface area contributed by atoms with E-state index in [9.17, 15) is 9.59 Å². The molecule has 1 amide bonds. The maximum atomic E-state index is 11.8. The van der Waals surface area contributed by atoms with E-state index in [1.165, 1.54) is 0 Å². The number of carboxylic acid groups (broad SMARTS) is 1. The second kappa shape index (κ2) is 6.34. The van der Waals surface area contributed by atoms with Gasteiger partial charge in [-0.25, -0.2) is 0 Å². The molecule has 0 saturated carbocycles. The van der Waals surface area contributed by atoms with Crippen LogP contribution in [-0.4, -0.2) is 71.1 Å². The highest BCUT2D eigenvalue weighted by Gasteiger charge is 2.26. The number of nitrogens with one attached hydrogen (secondary N) is 1. The van der Waals surface area contributed by atoms with Crippen molar-refractivity contribution in [3.05, 3.63) is 0 Å². The van der Waals surface area contributed by atoms with Crippen LogP contribution in [0.3, 0.4) is 0 Å². The lowest BCUT2D eigenvalue weighted by atomic mass is 10.1. The SMILES string of the molecule is CC(C(=O)O)N1CCN(CC(=O)NC(C)(C)C)CC1. The summed E-state index contributed by atoms with van der Waals surface area (Å²) in [5.41, 5.74) is -0.212. The van der Waals surface area contributed by atoms with Crippen LogP contribution >= 0.6 is 0 Å². The zero-order valence-electron chi connectivity index (χ0n) is 12.3. The molecule has 1 heterocycles. The molecule has 2 N–H and O–H groups in total. The molecule has 1 unspecified atom stereocenters. The summed E-state index contributed by atoms with van der Waals surface area (Å²) in [6, 6.07) is -0.453. The number of nitrogens with zero attached hydrogens (tertiary/aromatic N) is 2. The lowest BCUT2D eigenvalue weighted by Gasteiger charge is -2.36. The molecule has 0 bridgehead atoms. The first-order chi connectivity index (χ1) is 8.69. The van der Waals surface area contributed by atoms with Crippen LogP contribution in [0.5, 0.6) is 0 Å². The smallest absolute Gasteiger partial charge is 0.320 e. The Morgan fingerprint density at radius 3 is 2.16 bits per heavy atom. The number of hydrogen-bond acceptors (Lipinski definition) is 4. The van der Waals surface area contributed by atoms with E-state index in [2.05, 4.69) is 10.2 Å². The number of rotatable bonds is 4. The summed E-state index contributed by atoms with van der Waals surface area (Å²) in [7, 11) is 0. The fourth-order valence-corrected chi connectivity index (χ4v) is 2.13. The summed E-state index contributed by atoms with van der Waals surface area (Å²) < 4.78 is 0. The monoisotopic (exact) mass is 271 g/mol. The lowest BCUT2D eigenvalue weighted by Crippen LogP contribution is -2.54. The fraction of sp³-hybridized carbons (Fsp3) is 0.846. The number of hydrogen-bond donors (Lipinski definition) is 2. The Hall–Kier alpha value is -1.14. The molecule has 1 aliphatic heterocycles. The normalized spacial score (nSPS) is 20.0. The van der Waals surface area contributed by atoms with Gasteiger partial charge in [-0.2, -0.15) is 0 Å². The molecule has 0 spiro atoms. The Balaban J connectivity index is 2.34. The van der Waals surface area contributed by atoms with Crippen molar-refractivity contribution in [2.45, 2.75) is 39.3 Å². The third-order valence-electron chi connectivity index (χ3n) is 3.19. The number of carboxylic acids is 1. The molecule has 0 aliphatic carbocycles. The van der Waals surface area contributed by atoms with Gasteiger partial charge in [0.15, 0.2) is 0 Å². The molecule has 0 aromatic carbocycles. The number of amides is 1. The van der Waals surface area contributed by atoms with Gasteiger partial charge >= 0.3 is 5.97 Å². The second-order valence-electron chi connectivity index (χ2n) is 6.12.